The quantitative estimate of drug-likeness (QED) is 0.440. The van der Waals surface area contributed by atoms with Gasteiger partial charge in [0.25, 0.3) is 5.69 Å². The Morgan fingerprint density at radius 3 is 2.36 bits per heavy atom. The summed E-state index contributed by atoms with van der Waals surface area (Å²) in [6, 6.07) is 13.7. The van der Waals surface area contributed by atoms with Crippen LogP contribution in [0.3, 0.4) is 0 Å². The van der Waals surface area contributed by atoms with Crippen LogP contribution in [0.25, 0.3) is 0 Å². The summed E-state index contributed by atoms with van der Waals surface area (Å²) in [5, 5.41) is 13.4. The van der Waals surface area contributed by atoms with E-state index in [4.69, 9.17) is 4.74 Å². The molecule has 0 spiro atoms. The number of rotatable bonds is 8. The second-order valence-electron chi connectivity index (χ2n) is 5.63. The third-order valence-corrected chi connectivity index (χ3v) is 4.21. The van der Waals surface area contributed by atoms with Gasteiger partial charge in [0.2, 0.25) is 5.91 Å². The Balaban J connectivity index is 1.75. The normalized spacial score (nSPS) is 10.5. The van der Waals surface area contributed by atoms with Crippen molar-refractivity contribution in [2.24, 2.45) is 0 Å². The summed E-state index contributed by atoms with van der Waals surface area (Å²) in [7, 11) is 0. The highest BCUT2D eigenvalue weighted by Gasteiger charge is 2.07. The van der Waals surface area contributed by atoms with Gasteiger partial charge in [-0.2, -0.15) is 0 Å². The van der Waals surface area contributed by atoms with Crippen LogP contribution in [-0.2, 0) is 11.3 Å². The molecule has 1 N–H and O–H groups in total. The minimum Gasteiger partial charge on any atom is -0.491 e. The molecule has 0 bridgehead atoms. The molecular formula is C18H20N2O4S. The molecule has 0 aliphatic heterocycles. The number of nitrogens with zero attached hydrogens (tertiary/aromatic N) is 1. The molecule has 132 valence electrons. The molecule has 0 aliphatic rings. The van der Waals surface area contributed by atoms with E-state index in [0.717, 1.165) is 16.2 Å². The van der Waals surface area contributed by atoms with Gasteiger partial charge in [0.15, 0.2) is 0 Å². The van der Waals surface area contributed by atoms with Gasteiger partial charge < -0.3 is 10.1 Å². The van der Waals surface area contributed by atoms with Crippen LogP contribution in [0.15, 0.2) is 53.4 Å². The van der Waals surface area contributed by atoms with Crippen molar-refractivity contribution in [3.05, 3.63) is 64.2 Å². The molecule has 0 aromatic heterocycles. The van der Waals surface area contributed by atoms with Gasteiger partial charge in [0, 0.05) is 23.6 Å². The van der Waals surface area contributed by atoms with E-state index in [-0.39, 0.29) is 23.5 Å². The molecule has 0 heterocycles. The Morgan fingerprint density at radius 1 is 1.16 bits per heavy atom. The summed E-state index contributed by atoms with van der Waals surface area (Å²) in [5.74, 6) is 0.969. The lowest BCUT2D eigenvalue weighted by atomic mass is 10.2. The standard InChI is InChI=1S/C18H20N2O4S/c1-13(2)24-16-7-3-14(4-8-16)11-19-18(21)12-25-17-9-5-15(6-10-17)20(22)23/h3-10,13H,11-12H2,1-2H3,(H,19,21). The maximum atomic E-state index is 11.9. The van der Waals surface area contributed by atoms with Gasteiger partial charge in [-0.05, 0) is 43.7 Å². The van der Waals surface area contributed by atoms with Crippen molar-refractivity contribution in [3.8, 4) is 5.75 Å². The lowest BCUT2D eigenvalue weighted by Crippen LogP contribution is -2.24. The molecule has 1 amide bonds. The zero-order chi connectivity index (χ0) is 18.2. The van der Waals surface area contributed by atoms with E-state index in [2.05, 4.69) is 5.32 Å². The molecule has 0 atom stereocenters. The Morgan fingerprint density at radius 2 is 1.80 bits per heavy atom. The first-order valence-electron chi connectivity index (χ1n) is 7.83. The Hall–Kier alpha value is -2.54. The number of hydrogen-bond donors (Lipinski definition) is 1. The van der Waals surface area contributed by atoms with Crippen molar-refractivity contribution in [2.45, 2.75) is 31.4 Å². The molecule has 2 rings (SSSR count). The van der Waals surface area contributed by atoms with Crippen molar-refractivity contribution in [2.75, 3.05) is 5.75 Å². The van der Waals surface area contributed by atoms with Crippen LogP contribution < -0.4 is 10.1 Å². The van der Waals surface area contributed by atoms with Crippen molar-refractivity contribution in [1.82, 2.24) is 5.32 Å². The van der Waals surface area contributed by atoms with Crippen molar-refractivity contribution < 1.29 is 14.5 Å². The highest BCUT2D eigenvalue weighted by molar-refractivity contribution is 8.00. The summed E-state index contributed by atoms with van der Waals surface area (Å²) < 4.78 is 5.57. The number of nitro benzene ring substituents is 1. The predicted octanol–water partition coefficient (Wildman–Crippen LogP) is 3.79. The molecule has 7 heteroatoms. The highest BCUT2D eigenvalue weighted by atomic mass is 32.2. The van der Waals surface area contributed by atoms with Crippen molar-refractivity contribution >= 4 is 23.4 Å². The summed E-state index contributed by atoms with van der Waals surface area (Å²) in [5.41, 5.74) is 1.03. The zero-order valence-corrected chi connectivity index (χ0v) is 14.9. The Labute approximate surface area is 150 Å². The van der Waals surface area contributed by atoms with Crippen molar-refractivity contribution in [3.63, 3.8) is 0 Å². The molecule has 0 fully saturated rings. The van der Waals surface area contributed by atoms with Crippen molar-refractivity contribution in [1.29, 1.82) is 0 Å². The number of carbonyl (C=O) groups excluding carboxylic acids is 1. The van der Waals surface area contributed by atoms with E-state index in [9.17, 15) is 14.9 Å². The lowest BCUT2D eigenvalue weighted by Gasteiger charge is -2.10. The lowest BCUT2D eigenvalue weighted by molar-refractivity contribution is -0.384. The van der Waals surface area contributed by atoms with Crippen LogP contribution >= 0.6 is 11.8 Å². The monoisotopic (exact) mass is 360 g/mol. The molecule has 2 aromatic rings. The number of non-ortho nitro benzene ring substituents is 1. The van der Waals surface area contributed by atoms with E-state index < -0.39 is 4.92 Å². The number of thioether (sulfide) groups is 1. The molecule has 0 saturated carbocycles. The SMILES string of the molecule is CC(C)Oc1ccc(CNC(=O)CSc2ccc([N+](=O)[O-])cc2)cc1. The van der Waals surface area contributed by atoms with Crippen LogP contribution in [-0.4, -0.2) is 22.7 Å². The van der Waals surface area contributed by atoms with E-state index in [1.807, 2.05) is 38.1 Å². The average Bonchev–Trinajstić information content (AvgIpc) is 2.59. The minimum atomic E-state index is -0.446. The fraction of sp³-hybridized carbons (Fsp3) is 0.278. The van der Waals surface area contributed by atoms with Gasteiger partial charge >= 0.3 is 0 Å². The molecule has 0 radical (unpaired) electrons. The number of hydrogen-bond acceptors (Lipinski definition) is 5. The molecule has 2 aromatic carbocycles. The van der Waals surface area contributed by atoms with E-state index in [1.165, 1.54) is 23.9 Å². The van der Waals surface area contributed by atoms with Crippen LogP contribution in [0.4, 0.5) is 5.69 Å². The first kappa shape index (κ1) is 18.8. The van der Waals surface area contributed by atoms with Gasteiger partial charge in [-0.1, -0.05) is 12.1 Å². The highest BCUT2D eigenvalue weighted by Crippen LogP contribution is 2.21. The van der Waals surface area contributed by atoms with E-state index >= 15 is 0 Å². The fourth-order valence-corrected chi connectivity index (χ4v) is 2.75. The van der Waals surface area contributed by atoms with Gasteiger partial charge in [0.05, 0.1) is 16.8 Å². The molecule has 0 saturated heterocycles. The first-order valence-corrected chi connectivity index (χ1v) is 8.82. The van der Waals surface area contributed by atoms with Crippen LogP contribution in [0.2, 0.25) is 0 Å². The average molecular weight is 360 g/mol. The van der Waals surface area contributed by atoms with Gasteiger partial charge in [-0.25, -0.2) is 0 Å². The minimum absolute atomic E-state index is 0.0405. The summed E-state index contributed by atoms with van der Waals surface area (Å²) in [4.78, 5) is 22.9. The number of ether oxygens (including phenoxy) is 1. The smallest absolute Gasteiger partial charge is 0.269 e. The Bertz CT molecular complexity index is 715. The van der Waals surface area contributed by atoms with Crippen LogP contribution in [0, 0.1) is 10.1 Å². The largest absolute Gasteiger partial charge is 0.491 e. The second-order valence-corrected chi connectivity index (χ2v) is 6.68. The fourth-order valence-electron chi connectivity index (χ4n) is 2.02. The third-order valence-electron chi connectivity index (χ3n) is 3.20. The maximum Gasteiger partial charge on any atom is 0.269 e. The molecule has 25 heavy (non-hydrogen) atoms. The van der Waals surface area contributed by atoms with Crippen LogP contribution in [0.5, 0.6) is 5.75 Å². The molecule has 0 unspecified atom stereocenters. The van der Waals surface area contributed by atoms with Gasteiger partial charge in [0.1, 0.15) is 5.75 Å². The number of nitrogens with one attached hydrogen (secondary N) is 1. The van der Waals surface area contributed by atoms with E-state index in [0.29, 0.717) is 6.54 Å². The number of benzene rings is 2. The second kappa shape index (κ2) is 9.08. The van der Waals surface area contributed by atoms with Crippen LogP contribution in [0.1, 0.15) is 19.4 Å². The maximum absolute atomic E-state index is 11.9. The zero-order valence-electron chi connectivity index (χ0n) is 14.1. The summed E-state index contributed by atoms with van der Waals surface area (Å²) in [6.07, 6.45) is 0.127. The first-order chi connectivity index (χ1) is 11.9. The van der Waals surface area contributed by atoms with Gasteiger partial charge in [-0.3, -0.25) is 14.9 Å². The number of amides is 1. The third kappa shape index (κ3) is 6.46. The summed E-state index contributed by atoms with van der Waals surface area (Å²) >= 11 is 1.34. The molecular weight excluding hydrogens is 340 g/mol. The number of nitro groups is 1. The topological polar surface area (TPSA) is 81.5 Å². The van der Waals surface area contributed by atoms with Gasteiger partial charge in [-0.15, -0.1) is 11.8 Å². The summed E-state index contributed by atoms with van der Waals surface area (Å²) in [6.45, 7) is 4.38. The number of carbonyl (C=O) groups is 1. The molecule has 0 aliphatic carbocycles. The Kier molecular flexibility index (Phi) is 6.82. The predicted molar refractivity (Wildman–Crippen MR) is 97.9 cm³/mol. The van der Waals surface area contributed by atoms with E-state index in [1.54, 1.807) is 12.1 Å². The molecule has 6 nitrogen and oxygen atoms in total.